The average Bonchev–Trinajstić information content (AvgIpc) is 2.43. The van der Waals surface area contributed by atoms with Crippen molar-refractivity contribution < 1.29 is 40.9 Å². The molecule has 0 rings (SSSR count). The first kappa shape index (κ1) is 18.6. The molecule has 9 heteroatoms. The van der Waals surface area contributed by atoms with Gasteiger partial charge in [0.15, 0.2) is 0 Å². The normalized spacial score (nSPS) is 21.5. The van der Waals surface area contributed by atoms with Crippen LogP contribution in [0.4, 0.5) is 0 Å². The Hall–Kier alpha value is -0.360. The largest absolute Gasteiger partial charge is 0.394 e. The first-order valence-electron chi connectivity index (χ1n) is 5.86. The van der Waals surface area contributed by atoms with E-state index in [1.165, 1.54) is 0 Å². The number of aliphatic hydroxyl groups excluding tert-OH is 8. The van der Waals surface area contributed by atoms with Crippen LogP contribution in [0.25, 0.3) is 0 Å². The molecule has 0 saturated carbocycles. The van der Waals surface area contributed by atoms with E-state index in [1.807, 2.05) is 0 Å². The summed E-state index contributed by atoms with van der Waals surface area (Å²) in [5.41, 5.74) is 0. The fraction of sp³-hybridized carbons (Fsp3) is 1.00. The van der Waals surface area contributed by atoms with E-state index in [9.17, 15) is 20.4 Å². The van der Waals surface area contributed by atoms with E-state index in [4.69, 9.17) is 20.4 Å². The lowest BCUT2D eigenvalue weighted by Crippen LogP contribution is -2.48. The topological polar surface area (TPSA) is 174 Å². The first-order valence-corrected chi connectivity index (χ1v) is 5.86. The molecule has 0 spiro atoms. The highest BCUT2D eigenvalue weighted by molar-refractivity contribution is 4.79. The highest BCUT2D eigenvalue weighted by Crippen LogP contribution is 2.01. The Morgan fingerprint density at radius 1 is 0.579 bits per heavy atom. The maximum atomic E-state index is 9.41. The zero-order valence-corrected chi connectivity index (χ0v) is 10.4. The summed E-state index contributed by atoms with van der Waals surface area (Å²) in [6.45, 7) is -1.83. The van der Waals surface area contributed by atoms with Crippen LogP contribution in [-0.4, -0.2) is 104 Å². The molecule has 0 aliphatic carbocycles. The summed E-state index contributed by atoms with van der Waals surface area (Å²) in [5.74, 6) is 0. The summed E-state index contributed by atoms with van der Waals surface area (Å²) in [4.78, 5) is 0. The standard InChI is InChI=1S/C10H23NO8/c12-3-7(16)9(18)5(14)1-11-2-6(15)10(19)8(17)4-13/h5-19H,1-4H2/t5-,6-,7-,8-,9+,10+/m1/s1. The molecule has 0 aliphatic heterocycles. The monoisotopic (exact) mass is 285 g/mol. The van der Waals surface area contributed by atoms with Crippen molar-refractivity contribution in [2.45, 2.75) is 36.6 Å². The molecule has 0 heterocycles. The lowest BCUT2D eigenvalue weighted by molar-refractivity contribution is -0.0830. The molecule has 9 N–H and O–H groups in total. The van der Waals surface area contributed by atoms with Gasteiger partial charge in [0.05, 0.1) is 25.4 Å². The fourth-order valence-electron chi connectivity index (χ4n) is 1.35. The molecule has 0 unspecified atom stereocenters. The molecule has 0 radical (unpaired) electrons. The number of hydrogen-bond acceptors (Lipinski definition) is 9. The second-order valence-electron chi connectivity index (χ2n) is 4.27. The minimum absolute atomic E-state index is 0.211. The lowest BCUT2D eigenvalue weighted by Gasteiger charge is -2.24. The van der Waals surface area contributed by atoms with Crippen LogP contribution in [0.15, 0.2) is 0 Å². The molecule has 19 heavy (non-hydrogen) atoms. The smallest absolute Gasteiger partial charge is 0.109 e. The van der Waals surface area contributed by atoms with E-state index in [2.05, 4.69) is 5.32 Å². The fourth-order valence-corrected chi connectivity index (χ4v) is 1.35. The van der Waals surface area contributed by atoms with Gasteiger partial charge in [0.1, 0.15) is 24.4 Å². The van der Waals surface area contributed by atoms with Gasteiger partial charge in [0, 0.05) is 13.1 Å². The van der Waals surface area contributed by atoms with Crippen LogP contribution in [0.1, 0.15) is 0 Å². The third-order valence-corrected chi connectivity index (χ3v) is 2.66. The predicted octanol–water partition coefficient (Wildman–Crippen LogP) is -5.27. The van der Waals surface area contributed by atoms with Crippen LogP contribution in [-0.2, 0) is 0 Å². The highest BCUT2D eigenvalue weighted by Gasteiger charge is 2.26. The zero-order chi connectivity index (χ0) is 15.0. The molecule has 0 aromatic carbocycles. The van der Waals surface area contributed by atoms with Gasteiger partial charge in [-0.25, -0.2) is 0 Å². The van der Waals surface area contributed by atoms with E-state index in [0.717, 1.165) is 0 Å². The van der Waals surface area contributed by atoms with Gasteiger partial charge < -0.3 is 46.2 Å². The van der Waals surface area contributed by atoms with Crippen LogP contribution in [0.2, 0.25) is 0 Å². The Balaban J connectivity index is 3.96. The number of hydrogen-bond donors (Lipinski definition) is 9. The van der Waals surface area contributed by atoms with Crippen molar-refractivity contribution in [2.24, 2.45) is 0 Å². The van der Waals surface area contributed by atoms with Crippen LogP contribution in [0, 0.1) is 0 Å². The number of nitrogens with one attached hydrogen (secondary N) is 1. The Labute approximate surface area is 110 Å². The minimum Gasteiger partial charge on any atom is -0.394 e. The number of rotatable bonds is 10. The van der Waals surface area contributed by atoms with E-state index in [1.54, 1.807) is 0 Å². The first-order chi connectivity index (χ1) is 8.84. The Morgan fingerprint density at radius 2 is 0.895 bits per heavy atom. The summed E-state index contributed by atoms with van der Waals surface area (Å²) in [6, 6.07) is 0. The number of aliphatic hydroxyl groups is 8. The summed E-state index contributed by atoms with van der Waals surface area (Å²) in [7, 11) is 0. The third kappa shape index (κ3) is 6.56. The minimum atomic E-state index is -1.55. The Morgan fingerprint density at radius 3 is 1.16 bits per heavy atom. The maximum Gasteiger partial charge on any atom is 0.109 e. The predicted molar refractivity (Wildman–Crippen MR) is 63.1 cm³/mol. The summed E-state index contributed by atoms with van der Waals surface area (Å²) < 4.78 is 0. The molecule has 116 valence electrons. The molecule has 0 aromatic rings. The van der Waals surface area contributed by atoms with Crippen molar-refractivity contribution in [1.82, 2.24) is 5.32 Å². The van der Waals surface area contributed by atoms with Crippen molar-refractivity contribution >= 4 is 0 Å². The van der Waals surface area contributed by atoms with Gasteiger partial charge in [-0.1, -0.05) is 0 Å². The van der Waals surface area contributed by atoms with E-state index < -0.39 is 49.8 Å². The van der Waals surface area contributed by atoms with Gasteiger partial charge in [0.25, 0.3) is 0 Å². The van der Waals surface area contributed by atoms with Crippen molar-refractivity contribution in [1.29, 1.82) is 0 Å². The Kier molecular flexibility index (Phi) is 9.35. The SMILES string of the molecule is OC[C@@H](O)[C@@H](O)[C@H](O)CNC[C@@H](O)[C@H](O)[C@H](O)CO. The van der Waals surface area contributed by atoms with Crippen molar-refractivity contribution in [3.63, 3.8) is 0 Å². The van der Waals surface area contributed by atoms with Gasteiger partial charge in [-0.2, -0.15) is 0 Å². The lowest BCUT2D eigenvalue weighted by atomic mass is 10.1. The molecular formula is C10H23NO8. The summed E-state index contributed by atoms with van der Waals surface area (Å²) in [6.07, 6.45) is -8.83. The quantitative estimate of drug-likeness (QED) is 0.190. The molecule has 0 bridgehead atoms. The molecule has 9 nitrogen and oxygen atoms in total. The van der Waals surface area contributed by atoms with Gasteiger partial charge >= 0.3 is 0 Å². The molecule has 0 aromatic heterocycles. The third-order valence-electron chi connectivity index (χ3n) is 2.66. The molecular weight excluding hydrogens is 262 g/mol. The van der Waals surface area contributed by atoms with Crippen LogP contribution in [0.5, 0.6) is 0 Å². The van der Waals surface area contributed by atoms with Crippen molar-refractivity contribution in [2.75, 3.05) is 26.3 Å². The van der Waals surface area contributed by atoms with Crippen LogP contribution < -0.4 is 5.32 Å². The van der Waals surface area contributed by atoms with Gasteiger partial charge in [-0.3, -0.25) is 0 Å². The summed E-state index contributed by atoms with van der Waals surface area (Å²) in [5, 5.41) is 75.2. The van der Waals surface area contributed by atoms with E-state index >= 15 is 0 Å². The molecule has 0 saturated heterocycles. The average molecular weight is 285 g/mol. The highest BCUT2D eigenvalue weighted by atomic mass is 16.4. The Bertz CT molecular complexity index is 210. The van der Waals surface area contributed by atoms with Gasteiger partial charge in [-0.05, 0) is 0 Å². The van der Waals surface area contributed by atoms with Crippen LogP contribution >= 0.6 is 0 Å². The molecule has 0 aliphatic rings. The van der Waals surface area contributed by atoms with E-state index in [0.29, 0.717) is 0 Å². The van der Waals surface area contributed by atoms with Crippen molar-refractivity contribution in [3.8, 4) is 0 Å². The van der Waals surface area contributed by atoms with E-state index in [-0.39, 0.29) is 13.1 Å². The van der Waals surface area contributed by atoms with Gasteiger partial charge in [0.2, 0.25) is 0 Å². The molecule has 0 fully saturated rings. The summed E-state index contributed by atoms with van der Waals surface area (Å²) >= 11 is 0. The second kappa shape index (κ2) is 9.53. The van der Waals surface area contributed by atoms with Crippen LogP contribution in [0.3, 0.4) is 0 Å². The zero-order valence-electron chi connectivity index (χ0n) is 10.4. The molecule has 0 amide bonds. The second-order valence-corrected chi connectivity index (χ2v) is 4.27. The molecule has 6 atom stereocenters. The van der Waals surface area contributed by atoms with Crippen molar-refractivity contribution in [3.05, 3.63) is 0 Å². The van der Waals surface area contributed by atoms with Gasteiger partial charge in [-0.15, -0.1) is 0 Å². The maximum absolute atomic E-state index is 9.41.